The Morgan fingerprint density at radius 1 is 1.03 bits per heavy atom. The number of carbonyl (C=O) groups excluding carboxylic acids is 3. The number of carboxylic acids is 1. The highest BCUT2D eigenvalue weighted by Crippen LogP contribution is 2.19. The molecule has 12 heteroatoms. The van der Waals surface area contributed by atoms with Crippen molar-refractivity contribution in [3.8, 4) is 0 Å². The molecule has 1 aromatic carbocycles. The quantitative estimate of drug-likeness (QED) is 0.127. The fourth-order valence-corrected chi connectivity index (χ4v) is 3.69. The van der Waals surface area contributed by atoms with Gasteiger partial charge in [0.25, 0.3) is 0 Å². The Morgan fingerprint density at radius 2 is 1.71 bits per heavy atom. The second kappa shape index (κ2) is 13.7. The van der Waals surface area contributed by atoms with Gasteiger partial charge in [0.2, 0.25) is 17.7 Å². The molecular weight excluding hydrogens is 472 g/mol. The Kier molecular flexibility index (Phi) is 11.0. The van der Waals surface area contributed by atoms with E-state index in [0.717, 1.165) is 16.5 Å². The van der Waals surface area contributed by atoms with Gasteiger partial charge in [-0.3, -0.25) is 14.4 Å². The molecule has 11 nitrogen and oxygen atoms in total. The van der Waals surface area contributed by atoms with E-state index in [9.17, 15) is 24.3 Å². The van der Waals surface area contributed by atoms with Crippen LogP contribution in [-0.2, 0) is 25.6 Å². The summed E-state index contributed by atoms with van der Waals surface area (Å²) in [6, 6.07) is 3.40. The average Bonchev–Trinajstić information content (AvgIpc) is 3.24. The van der Waals surface area contributed by atoms with E-state index in [1.165, 1.54) is 6.92 Å². The summed E-state index contributed by atoms with van der Waals surface area (Å²) in [5.74, 6) is -2.86. The number of nitrogens with one attached hydrogen (secondary N) is 4. The first-order chi connectivity index (χ1) is 16.7. The molecule has 0 saturated heterocycles. The van der Waals surface area contributed by atoms with Crippen molar-refractivity contribution in [1.29, 1.82) is 0 Å². The Labute approximate surface area is 209 Å². The van der Waals surface area contributed by atoms with Crippen LogP contribution in [0.2, 0.25) is 0 Å². The van der Waals surface area contributed by atoms with Gasteiger partial charge in [-0.1, -0.05) is 18.2 Å². The highest BCUT2D eigenvalue weighted by atomic mass is 32.1. The summed E-state index contributed by atoms with van der Waals surface area (Å²) in [5.41, 5.74) is 12.8. The van der Waals surface area contributed by atoms with Gasteiger partial charge in [0.1, 0.15) is 18.1 Å². The average molecular weight is 507 g/mol. The first-order valence-electron chi connectivity index (χ1n) is 11.4. The minimum Gasteiger partial charge on any atom is -0.480 e. The molecule has 192 valence electrons. The van der Waals surface area contributed by atoms with Crippen molar-refractivity contribution in [1.82, 2.24) is 20.9 Å². The number of hydrogen-bond acceptors (Lipinski definition) is 7. The molecule has 0 spiro atoms. The molecule has 0 aliphatic carbocycles. The van der Waals surface area contributed by atoms with Crippen LogP contribution in [0.1, 0.15) is 31.7 Å². The lowest BCUT2D eigenvalue weighted by Gasteiger charge is -2.23. The van der Waals surface area contributed by atoms with E-state index in [1.807, 2.05) is 24.3 Å². The fourth-order valence-electron chi connectivity index (χ4n) is 3.52. The van der Waals surface area contributed by atoms with Crippen molar-refractivity contribution >= 4 is 47.2 Å². The first kappa shape index (κ1) is 28.1. The molecule has 1 heterocycles. The van der Waals surface area contributed by atoms with Crippen molar-refractivity contribution in [3.63, 3.8) is 0 Å². The molecule has 1 aromatic heterocycles. The number of H-pyrrole nitrogens is 1. The monoisotopic (exact) mass is 506 g/mol. The van der Waals surface area contributed by atoms with Crippen molar-refractivity contribution < 1.29 is 24.3 Å². The Balaban J connectivity index is 2.02. The summed E-state index contributed by atoms with van der Waals surface area (Å²) < 4.78 is 0. The van der Waals surface area contributed by atoms with Gasteiger partial charge in [0.05, 0.1) is 6.04 Å². The third-order valence-corrected chi connectivity index (χ3v) is 5.97. The zero-order valence-corrected chi connectivity index (χ0v) is 20.5. The normalized spacial score (nSPS) is 14.5. The molecule has 9 N–H and O–H groups in total. The number of benzene rings is 1. The number of amides is 3. The lowest BCUT2D eigenvalue weighted by Crippen LogP contribution is -2.56. The van der Waals surface area contributed by atoms with Crippen LogP contribution < -0.4 is 27.4 Å². The van der Waals surface area contributed by atoms with Crippen LogP contribution in [0.15, 0.2) is 30.5 Å². The van der Waals surface area contributed by atoms with Gasteiger partial charge >= 0.3 is 5.97 Å². The highest BCUT2D eigenvalue weighted by Gasteiger charge is 2.28. The maximum atomic E-state index is 12.8. The third kappa shape index (κ3) is 8.26. The predicted octanol–water partition coefficient (Wildman–Crippen LogP) is -0.345. The van der Waals surface area contributed by atoms with Gasteiger partial charge < -0.3 is 37.5 Å². The topological polar surface area (TPSA) is 192 Å². The second-order valence-electron chi connectivity index (χ2n) is 8.33. The summed E-state index contributed by atoms with van der Waals surface area (Å²) in [4.78, 5) is 52.6. The van der Waals surface area contributed by atoms with E-state index < -0.39 is 47.9 Å². The molecule has 0 radical (unpaired) electrons. The van der Waals surface area contributed by atoms with Crippen molar-refractivity contribution in [3.05, 3.63) is 36.0 Å². The van der Waals surface area contributed by atoms with Crippen LogP contribution in [0.4, 0.5) is 0 Å². The molecule has 3 amide bonds. The number of para-hydroxylation sites is 1. The molecule has 2 aromatic rings. The van der Waals surface area contributed by atoms with Gasteiger partial charge in [0, 0.05) is 29.3 Å². The standard InChI is InChI=1S/C23H34N6O5S/c1-13(27-22(32)18(8-4-5-9-24)28-21(31)16(25)12-35)20(30)29-19(23(33)34)10-14-11-26-17-7-3-2-6-15(14)17/h2-3,6-7,11,13,16,18-19,26,35H,4-5,8-10,12,24-25H2,1H3,(H,27,32)(H,28,31)(H,29,30)(H,33,34). The maximum Gasteiger partial charge on any atom is 0.326 e. The molecule has 4 unspecified atom stereocenters. The summed E-state index contributed by atoms with van der Waals surface area (Å²) in [7, 11) is 0. The van der Waals surface area contributed by atoms with E-state index >= 15 is 0 Å². The summed E-state index contributed by atoms with van der Waals surface area (Å²) in [5, 5.41) is 18.1. The summed E-state index contributed by atoms with van der Waals surface area (Å²) in [6.45, 7) is 1.88. The van der Waals surface area contributed by atoms with Gasteiger partial charge in [0.15, 0.2) is 0 Å². The molecule has 0 bridgehead atoms. The molecule has 0 saturated carbocycles. The Hall–Kier alpha value is -3.09. The second-order valence-corrected chi connectivity index (χ2v) is 8.69. The van der Waals surface area contributed by atoms with Crippen LogP contribution in [0.5, 0.6) is 0 Å². The van der Waals surface area contributed by atoms with E-state index in [0.29, 0.717) is 25.8 Å². The lowest BCUT2D eigenvalue weighted by atomic mass is 10.0. The van der Waals surface area contributed by atoms with Crippen LogP contribution >= 0.6 is 12.6 Å². The van der Waals surface area contributed by atoms with Gasteiger partial charge in [-0.15, -0.1) is 0 Å². The van der Waals surface area contributed by atoms with Crippen LogP contribution in [0.3, 0.4) is 0 Å². The number of unbranched alkanes of at least 4 members (excludes halogenated alkanes) is 1. The summed E-state index contributed by atoms with van der Waals surface area (Å²) in [6.07, 6.45) is 3.31. The van der Waals surface area contributed by atoms with Crippen molar-refractivity contribution in [2.75, 3.05) is 12.3 Å². The molecule has 4 atom stereocenters. The number of fused-ring (bicyclic) bond motifs is 1. The van der Waals surface area contributed by atoms with Gasteiger partial charge in [-0.2, -0.15) is 12.6 Å². The smallest absolute Gasteiger partial charge is 0.326 e. The zero-order valence-electron chi connectivity index (χ0n) is 19.6. The van der Waals surface area contributed by atoms with Crippen molar-refractivity contribution in [2.45, 2.75) is 56.8 Å². The van der Waals surface area contributed by atoms with Crippen LogP contribution in [0, 0.1) is 0 Å². The molecule has 0 fully saturated rings. The number of rotatable bonds is 14. The molecule has 35 heavy (non-hydrogen) atoms. The van der Waals surface area contributed by atoms with Gasteiger partial charge in [-0.05, 0) is 44.4 Å². The number of thiol groups is 1. The van der Waals surface area contributed by atoms with E-state index in [4.69, 9.17) is 11.5 Å². The van der Waals surface area contributed by atoms with Crippen LogP contribution in [-0.4, -0.2) is 70.2 Å². The molecular formula is C23H34N6O5S. The van der Waals surface area contributed by atoms with Crippen molar-refractivity contribution in [2.24, 2.45) is 11.5 Å². The molecule has 0 aliphatic heterocycles. The minimum atomic E-state index is -1.20. The zero-order chi connectivity index (χ0) is 26.0. The number of aromatic amines is 1. The Morgan fingerprint density at radius 3 is 2.37 bits per heavy atom. The third-order valence-electron chi connectivity index (χ3n) is 5.58. The number of aromatic nitrogens is 1. The van der Waals surface area contributed by atoms with Crippen LogP contribution in [0.25, 0.3) is 10.9 Å². The number of aliphatic carboxylic acids is 1. The number of nitrogens with two attached hydrogens (primary N) is 2. The van der Waals surface area contributed by atoms with E-state index in [-0.39, 0.29) is 12.2 Å². The minimum absolute atomic E-state index is 0.0607. The van der Waals surface area contributed by atoms with Gasteiger partial charge in [-0.25, -0.2) is 4.79 Å². The SMILES string of the molecule is CC(NC(=O)C(CCCCN)NC(=O)C(N)CS)C(=O)NC(Cc1c[nH]c2ccccc12)C(=O)O. The maximum absolute atomic E-state index is 12.8. The Bertz CT molecular complexity index is 1030. The predicted molar refractivity (Wildman–Crippen MR) is 136 cm³/mol. The largest absolute Gasteiger partial charge is 0.480 e. The lowest BCUT2D eigenvalue weighted by molar-refractivity contribution is -0.142. The molecule has 0 aliphatic rings. The summed E-state index contributed by atoms with van der Waals surface area (Å²) >= 11 is 3.99. The molecule has 2 rings (SSSR count). The number of carboxylic acid groups (broad SMARTS) is 1. The van der Waals surface area contributed by atoms with E-state index in [2.05, 4.69) is 33.6 Å². The van der Waals surface area contributed by atoms with E-state index in [1.54, 1.807) is 6.20 Å². The fraction of sp³-hybridized carbons (Fsp3) is 0.478. The first-order valence-corrected chi connectivity index (χ1v) is 12.1. The number of carbonyl (C=O) groups is 4. The number of hydrogen-bond donors (Lipinski definition) is 8. The highest BCUT2D eigenvalue weighted by molar-refractivity contribution is 7.80.